The Morgan fingerprint density at radius 2 is 1.79 bits per heavy atom. The van der Waals surface area contributed by atoms with Crippen molar-refractivity contribution >= 4 is 17.7 Å². The average molecular weight is 378 g/mol. The molecule has 0 bridgehead atoms. The molecule has 5 nitrogen and oxygen atoms in total. The molecule has 146 valence electrons. The molecule has 1 aliphatic carbocycles. The lowest BCUT2D eigenvalue weighted by molar-refractivity contribution is 0.0730. The first-order chi connectivity index (χ1) is 13.5. The van der Waals surface area contributed by atoms with Crippen LogP contribution in [0.15, 0.2) is 48.5 Å². The number of hydrogen-bond donors (Lipinski definition) is 0. The number of anilines is 1. The number of rotatable bonds is 6. The van der Waals surface area contributed by atoms with Gasteiger partial charge in [0.2, 0.25) is 0 Å². The number of benzene rings is 2. The monoisotopic (exact) mass is 378 g/mol. The molecule has 1 aliphatic heterocycles. The van der Waals surface area contributed by atoms with Crippen LogP contribution in [-0.4, -0.2) is 36.1 Å². The third kappa shape index (κ3) is 3.88. The first-order valence-electron chi connectivity index (χ1n) is 9.97. The van der Waals surface area contributed by atoms with Crippen molar-refractivity contribution in [2.45, 2.75) is 45.2 Å². The maximum atomic E-state index is 13.1. The van der Waals surface area contributed by atoms with Crippen LogP contribution in [0, 0.1) is 0 Å². The average Bonchev–Trinajstić information content (AvgIpc) is 3.46. The van der Waals surface area contributed by atoms with Crippen LogP contribution in [0.3, 0.4) is 0 Å². The van der Waals surface area contributed by atoms with Crippen LogP contribution in [-0.2, 0) is 11.3 Å². The largest absolute Gasteiger partial charge is 0.447 e. The van der Waals surface area contributed by atoms with Gasteiger partial charge < -0.3 is 9.64 Å². The maximum Gasteiger partial charge on any atom is 0.414 e. The van der Waals surface area contributed by atoms with Gasteiger partial charge in [-0.25, -0.2) is 4.79 Å². The molecule has 2 aromatic carbocycles. The first kappa shape index (κ1) is 18.5. The van der Waals surface area contributed by atoms with Crippen molar-refractivity contribution in [1.82, 2.24) is 4.90 Å². The summed E-state index contributed by atoms with van der Waals surface area (Å²) >= 11 is 0. The minimum atomic E-state index is -0.330. The zero-order valence-corrected chi connectivity index (χ0v) is 16.4. The van der Waals surface area contributed by atoms with E-state index in [0.717, 1.165) is 24.1 Å². The van der Waals surface area contributed by atoms with Gasteiger partial charge in [0.15, 0.2) is 0 Å². The molecule has 0 atom stereocenters. The molecule has 0 aromatic heterocycles. The summed E-state index contributed by atoms with van der Waals surface area (Å²) in [6.45, 7) is 5.94. The third-order valence-electron chi connectivity index (χ3n) is 5.43. The molecule has 2 amide bonds. The molecule has 1 saturated carbocycles. The highest BCUT2D eigenvalue weighted by Crippen LogP contribution is 2.30. The van der Waals surface area contributed by atoms with E-state index in [1.807, 2.05) is 17.0 Å². The quantitative estimate of drug-likeness (QED) is 0.740. The summed E-state index contributed by atoms with van der Waals surface area (Å²) in [7, 11) is 0. The second kappa shape index (κ2) is 7.66. The number of cyclic esters (lactones) is 1. The highest BCUT2D eigenvalue weighted by molar-refractivity contribution is 5.96. The number of carbonyl (C=O) groups is 2. The standard InChI is InChI=1S/C23H26N2O3/c1-16(2)18-5-3-17(4-6-18)15-25(21-11-12-21)22(26)19-7-9-20(10-8-19)24-13-14-28-23(24)27/h3-10,16,21H,11-15H2,1-2H3. The number of amides is 2. The molecule has 0 unspecified atom stereocenters. The second-order valence-corrected chi connectivity index (χ2v) is 7.87. The summed E-state index contributed by atoms with van der Waals surface area (Å²) in [4.78, 5) is 28.4. The molecular formula is C23H26N2O3. The lowest BCUT2D eigenvalue weighted by Crippen LogP contribution is -2.32. The van der Waals surface area contributed by atoms with Gasteiger partial charge in [0.05, 0.1) is 6.54 Å². The summed E-state index contributed by atoms with van der Waals surface area (Å²) in [5.41, 5.74) is 3.88. The van der Waals surface area contributed by atoms with Gasteiger partial charge in [0.1, 0.15) is 6.61 Å². The predicted octanol–water partition coefficient (Wildman–Crippen LogP) is 4.57. The second-order valence-electron chi connectivity index (χ2n) is 7.87. The topological polar surface area (TPSA) is 49.9 Å². The summed E-state index contributed by atoms with van der Waals surface area (Å²) in [5, 5.41) is 0. The lowest BCUT2D eigenvalue weighted by Gasteiger charge is -2.23. The van der Waals surface area contributed by atoms with E-state index >= 15 is 0 Å². The smallest absolute Gasteiger partial charge is 0.414 e. The van der Waals surface area contributed by atoms with E-state index in [-0.39, 0.29) is 12.0 Å². The fraction of sp³-hybridized carbons (Fsp3) is 0.391. The van der Waals surface area contributed by atoms with Crippen LogP contribution in [0.2, 0.25) is 0 Å². The molecule has 5 heteroatoms. The van der Waals surface area contributed by atoms with E-state index in [9.17, 15) is 9.59 Å². The van der Waals surface area contributed by atoms with Gasteiger partial charge in [-0.2, -0.15) is 0 Å². The van der Waals surface area contributed by atoms with E-state index in [2.05, 4.69) is 38.1 Å². The molecule has 1 saturated heterocycles. The number of nitrogens with zero attached hydrogens (tertiary/aromatic N) is 2. The highest BCUT2D eigenvalue weighted by Gasteiger charge is 2.33. The van der Waals surface area contributed by atoms with Gasteiger partial charge in [0.25, 0.3) is 5.91 Å². The molecule has 1 heterocycles. The molecule has 2 fully saturated rings. The van der Waals surface area contributed by atoms with Crippen LogP contribution >= 0.6 is 0 Å². The van der Waals surface area contributed by atoms with Crippen molar-refractivity contribution in [3.63, 3.8) is 0 Å². The van der Waals surface area contributed by atoms with Gasteiger partial charge in [-0.05, 0) is 54.2 Å². The summed E-state index contributed by atoms with van der Waals surface area (Å²) in [6, 6.07) is 16.1. The maximum absolute atomic E-state index is 13.1. The van der Waals surface area contributed by atoms with Gasteiger partial charge in [0, 0.05) is 23.8 Å². The van der Waals surface area contributed by atoms with Crippen molar-refractivity contribution in [1.29, 1.82) is 0 Å². The Morgan fingerprint density at radius 1 is 1.11 bits per heavy atom. The van der Waals surface area contributed by atoms with Crippen LogP contribution in [0.4, 0.5) is 10.5 Å². The molecule has 0 radical (unpaired) electrons. The molecule has 28 heavy (non-hydrogen) atoms. The SMILES string of the molecule is CC(C)c1ccc(CN(C(=O)c2ccc(N3CCOC3=O)cc2)C2CC2)cc1. The van der Waals surface area contributed by atoms with E-state index in [4.69, 9.17) is 4.74 Å². The predicted molar refractivity (Wildman–Crippen MR) is 109 cm³/mol. The van der Waals surface area contributed by atoms with E-state index in [1.165, 1.54) is 5.56 Å². The Bertz CT molecular complexity index is 854. The van der Waals surface area contributed by atoms with Crippen molar-refractivity contribution in [3.8, 4) is 0 Å². The third-order valence-corrected chi connectivity index (χ3v) is 5.43. The van der Waals surface area contributed by atoms with Crippen molar-refractivity contribution in [3.05, 3.63) is 65.2 Å². The van der Waals surface area contributed by atoms with E-state index in [1.54, 1.807) is 17.0 Å². The van der Waals surface area contributed by atoms with E-state index < -0.39 is 0 Å². The van der Waals surface area contributed by atoms with Crippen molar-refractivity contribution in [2.24, 2.45) is 0 Å². The van der Waals surface area contributed by atoms with Crippen LogP contribution in [0.5, 0.6) is 0 Å². The van der Waals surface area contributed by atoms with Crippen molar-refractivity contribution in [2.75, 3.05) is 18.1 Å². The Morgan fingerprint density at radius 3 is 2.32 bits per heavy atom. The van der Waals surface area contributed by atoms with Gasteiger partial charge in [-0.1, -0.05) is 38.1 Å². The molecule has 0 spiro atoms. The van der Waals surface area contributed by atoms with Crippen LogP contribution < -0.4 is 4.90 Å². The Hall–Kier alpha value is -2.82. The number of carbonyl (C=O) groups excluding carboxylic acids is 2. The minimum absolute atomic E-state index is 0.0472. The fourth-order valence-electron chi connectivity index (χ4n) is 3.54. The zero-order valence-electron chi connectivity index (χ0n) is 16.4. The fourth-order valence-corrected chi connectivity index (χ4v) is 3.54. The van der Waals surface area contributed by atoms with E-state index in [0.29, 0.717) is 37.2 Å². The summed E-state index contributed by atoms with van der Waals surface area (Å²) in [5.74, 6) is 0.549. The summed E-state index contributed by atoms with van der Waals surface area (Å²) in [6.07, 6.45) is 1.80. The van der Waals surface area contributed by atoms with Crippen LogP contribution in [0.1, 0.15) is 54.1 Å². The minimum Gasteiger partial charge on any atom is -0.447 e. The van der Waals surface area contributed by atoms with Crippen molar-refractivity contribution < 1.29 is 14.3 Å². The van der Waals surface area contributed by atoms with Gasteiger partial charge in [-0.3, -0.25) is 9.69 Å². The molecule has 4 rings (SSSR count). The first-order valence-corrected chi connectivity index (χ1v) is 9.97. The normalized spacial score (nSPS) is 16.4. The van der Waals surface area contributed by atoms with Gasteiger partial charge in [-0.15, -0.1) is 0 Å². The Balaban J connectivity index is 1.48. The Labute approximate surface area is 165 Å². The van der Waals surface area contributed by atoms with Gasteiger partial charge >= 0.3 is 6.09 Å². The molecule has 2 aromatic rings. The highest BCUT2D eigenvalue weighted by atomic mass is 16.6. The molecular weight excluding hydrogens is 352 g/mol. The number of hydrogen-bond acceptors (Lipinski definition) is 3. The summed E-state index contributed by atoms with van der Waals surface area (Å²) < 4.78 is 4.98. The molecule has 0 N–H and O–H groups in total. The number of ether oxygens (including phenoxy) is 1. The lowest BCUT2D eigenvalue weighted by atomic mass is 10.0. The zero-order chi connectivity index (χ0) is 19.7. The van der Waals surface area contributed by atoms with Crippen LogP contribution in [0.25, 0.3) is 0 Å². The molecule has 2 aliphatic rings. The Kier molecular flexibility index (Phi) is 5.07.